The molecule has 1 atom stereocenters. The van der Waals surface area contributed by atoms with Crippen LogP contribution in [-0.4, -0.2) is 36.0 Å². The Labute approximate surface area is 91.5 Å². The van der Waals surface area contributed by atoms with Gasteiger partial charge in [0.25, 0.3) is 0 Å². The lowest BCUT2D eigenvalue weighted by Crippen LogP contribution is -2.49. The average Bonchev–Trinajstić information content (AvgIpc) is 3.10. The van der Waals surface area contributed by atoms with Crippen LogP contribution in [0.25, 0.3) is 0 Å². The molecule has 0 radical (unpaired) electrons. The smallest absolute Gasteiger partial charge is 0.240 e. The highest BCUT2D eigenvalue weighted by Crippen LogP contribution is 2.28. The van der Waals surface area contributed by atoms with Crippen LogP contribution in [0.2, 0.25) is 0 Å². The van der Waals surface area contributed by atoms with Crippen LogP contribution < -0.4 is 5.32 Å². The Hall–Kier alpha value is -0.830. The zero-order chi connectivity index (χ0) is 10.7. The molecule has 2 aliphatic rings. The standard InChI is InChI=1S/C12H20N2O/c1-2-9-14(10-6-7-10)12(15)11-5-3-4-8-13-11/h2,10-11,13H,1,3-9H2/t11-/m0/s1. The Balaban J connectivity index is 1.93. The monoisotopic (exact) mass is 208 g/mol. The van der Waals surface area contributed by atoms with E-state index >= 15 is 0 Å². The fourth-order valence-electron chi connectivity index (χ4n) is 2.21. The fourth-order valence-corrected chi connectivity index (χ4v) is 2.21. The first kappa shape index (κ1) is 10.7. The molecule has 0 aromatic heterocycles. The van der Waals surface area contributed by atoms with Gasteiger partial charge in [-0.2, -0.15) is 0 Å². The van der Waals surface area contributed by atoms with Gasteiger partial charge >= 0.3 is 0 Å². The molecule has 3 heteroatoms. The lowest BCUT2D eigenvalue weighted by Gasteiger charge is -2.29. The van der Waals surface area contributed by atoms with Gasteiger partial charge in [-0.25, -0.2) is 0 Å². The normalized spacial score (nSPS) is 26.0. The predicted molar refractivity (Wildman–Crippen MR) is 60.6 cm³/mol. The number of nitrogens with zero attached hydrogens (tertiary/aromatic N) is 1. The first-order valence-corrected chi connectivity index (χ1v) is 5.97. The number of nitrogens with one attached hydrogen (secondary N) is 1. The van der Waals surface area contributed by atoms with Crippen molar-refractivity contribution < 1.29 is 4.79 Å². The molecule has 2 fully saturated rings. The largest absolute Gasteiger partial charge is 0.335 e. The second kappa shape index (κ2) is 4.79. The fraction of sp³-hybridized carbons (Fsp3) is 0.750. The van der Waals surface area contributed by atoms with Crippen molar-refractivity contribution in [3.8, 4) is 0 Å². The summed E-state index contributed by atoms with van der Waals surface area (Å²) in [5.41, 5.74) is 0. The van der Waals surface area contributed by atoms with Crippen molar-refractivity contribution in [2.45, 2.75) is 44.2 Å². The highest BCUT2D eigenvalue weighted by molar-refractivity contribution is 5.82. The number of carbonyl (C=O) groups is 1. The minimum atomic E-state index is 0.0688. The summed E-state index contributed by atoms with van der Waals surface area (Å²) in [5, 5.41) is 3.31. The van der Waals surface area contributed by atoms with Gasteiger partial charge in [0.2, 0.25) is 5.91 Å². The van der Waals surface area contributed by atoms with E-state index in [1.807, 2.05) is 11.0 Å². The number of amides is 1. The minimum absolute atomic E-state index is 0.0688. The van der Waals surface area contributed by atoms with E-state index in [0.29, 0.717) is 12.6 Å². The summed E-state index contributed by atoms with van der Waals surface area (Å²) in [6.45, 7) is 5.42. The molecular formula is C12H20N2O. The Morgan fingerprint density at radius 2 is 2.20 bits per heavy atom. The molecule has 0 unspecified atom stereocenters. The number of rotatable bonds is 4. The molecule has 1 amide bonds. The molecule has 1 aliphatic heterocycles. The van der Waals surface area contributed by atoms with E-state index in [4.69, 9.17) is 0 Å². The number of carbonyl (C=O) groups excluding carboxylic acids is 1. The van der Waals surface area contributed by atoms with Crippen molar-refractivity contribution in [2.75, 3.05) is 13.1 Å². The van der Waals surface area contributed by atoms with Gasteiger partial charge in [0.1, 0.15) is 0 Å². The molecule has 0 bridgehead atoms. The molecule has 1 heterocycles. The maximum Gasteiger partial charge on any atom is 0.240 e. The third-order valence-electron chi connectivity index (χ3n) is 3.20. The SMILES string of the molecule is C=CCN(C(=O)[C@@H]1CCCCN1)C1CC1. The Morgan fingerprint density at radius 3 is 2.73 bits per heavy atom. The van der Waals surface area contributed by atoms with Crippen molar-refractivity contribution >= 4 is 5.91 Å². The van der Waals surface area contributed by atoms with Crippen molar-refractivity contribution in [1.29, 1.82) is 0 Å². The second-order valence-electron chi connectivity index (χ2n) is 4.51. The van der Waals surface area contributed by atoms with Gasteiger partial charge in [0.05, 0.1) is 6.04 Å². The van der Waals surface area contributed by atoms with E-state index in [0.717, 1.165) is 13.0 Å². The lowest BCUT2D eigenvalue weighted by molar-refractivity contribution is -0.134. The van der Waals surface area contributed by atoms with Gasteiger partial charge in [0, 0.05) is 12.6 Å². The zero-order valence-electron chi connectivity index (χ0n) is 9.24. The van der Waals surface area contributed by atoms with E-state index in [2.05, 4.69) is 11.9 Å². The van der Waals surface area contributed by atoms with Crippen LogP contribution in [0, 0.1) is 0 Å². The van der Waals surface area contributed by atoms with E-state index in [1.165, 1.54) is 25.7 Å². The van der Waals surface area contributed by atoms with E-state index in [1.54, 1.807) is 0 Å². The van der Waals surface area contributed by atoms with Crippen molar-refractivity contribution in [3.63, 3.8) is 0 Å². The third kappa shape index (κ3) is 2.59. The summed E-state index contributed by atoms with van der Waals surface area (Å²) in [6.07, 6.45) is 7.56. The quantitative estimate of drug-likeness (QED) is 0.706. The van der Waals surface area contributed by atoms with Gasteiger partial charge in [-0.05, 0) is 32.2 Å². The van der Waals surface area contributed by atoms with Crippen LogP contribution in [0.5, 0.6) is 0 Å². The molecule has 3 nitrogen and oxygen atoms in total. The molecule has 0 aromatic carbocycles. The van der Waals surface area contributed by atoms with Gasteiger partial charge in [-0.1, -0.05) is 12.5 Å². The molecule has 0 spiro atoms. The maximum atomic E-state index is 12.2. The number of hydrogen-bond acceptors (Lipinski definition) is 2. The zero-order valence-corrected chi connectivity index (χ0v) is 9.24. The van der Waals surface area contributed by atoms with Crippen LogP contribution in [0.4, 0.5) is 0 Å². The van der Waals surface area contributed by atoms with Crippen LogP contribution in [0.3, 0.4) is 0 Å². The molecule has 0 aromatic rings. The van der Waals surface area contributed by atoms with Crippen LogP contribution in [0.1, 0.15) is 32.1 Å². The predicted octanol–water partition coefficient (Wildman–Crippen LogP) is 1.31. The second-order valence-corrected chi connectivity index (χ2v) is 4.51. The Bertz CT molecular complexity index is 242. The Morgan fingerprint density at radius 1 is 1.40 bits per heavy atom. The van der Waals surface area contributed by atoms with Gasteiger partial charge in [0.15, 0.2) is 0 Å². The van der Waals surface area contributed by atoms with E-state index in [-0.39, 0.29) is 11.9 Å². The van der Waals surface area contributed by atoms with E-state index < -0.39 is 0 Å². The molecule has 1 saturated heterocycles. The summed E-state index contributed by atoms with van der Waals surface area (Å²) in [4.78, 5) is 14.2. The molecule has 1 N–H and O–H groups in total. The Kier molecular flexibility index (Phi) is 3.41. The van der Waals surface area contributed by atoms with Crippen molar-refractivity contribution in [2.24, 2.45) is 0 Å². The summed E-state index contributed by atoms with van der Waals surface area (Å²) >= 11 is 0. The summed E-state index contributed by atoms with van der Waals surface area (Å²) in [6, 6.07) is 0.568. The molecule has 1 aliphatic carbocycles. The third-order valence-corrected chi connectivity index (χ3v) is 3.20. The lowest BCUT2D eigenvalue weighted by atomic mass is 10.0. The molecular weight excluding hydrogens is 188 g/mol. The summed E-state index contributed by atoms with van der Waals surface area (Å²) in [7, 11) is 0. The number of piperidine rings is 1. The maximum absolute atomic E-state index is 12.2. The summed E-state index contributed by atoms with van der Waals surface area (Å²) in [5.74, 6) is 0.289. The van der Waals surface area contributed by atoms with Crippen LogP contribution >= 0.6 is 0 Å². The van der Waals surface area contributed by atoms with Gasteiger partial charge in [-0.15, -0.1) is 6.58 Å². The molecule has 15 heavy (non-hydrogen) atoms. The van der Waals surface area contributed by atoms with E-state index in [9.17, 15) is 4.79 Å². The minimum Gasteiger partial charge on any atom is -0.335 e. The van der Waals surface area contributed by atoms with Gasteiger partial charge in [-0.3, -0.25) is 4.79 Å². The molecule has 84 valence electrons. The van der Waals surface area contributed by atoms with Crippen molar-refractivity contribution in [1.82, 2.24) is 10.2 Å². The highest BCUT2D eigenvalue weighted by Gasteiger charge is 2.35. The summed E-state index contributed by atoms with van der Waals surface area (Å²) < 4.78 is 0. The van der Waals surface area contributed by atoms with Crippen LogP contribution in [-0.2, 0) is 4.79 Å². The first-order chi connectivity index (χ1) is 7.33. The van der Waals surface area contributed by atoms with Gasteiger partial charge < -0.3 is 10.2 Å². The number of hydrogen-bond donors (Lipinski definition) is 1. The highest BCUT2D eigenvalue weighted by atomic mass is 16.2. The van der Waals surface area contributed by atoms with Crippen LogP contribution in [0.15, 0.2) is 12.7 Å². The molecule has 1 saturated carbocycles. The average molecular weight is 208 g/mol. The van der Waals surface area contributed by atoms with Crippen molar-refractivity contribution in [3.05, 3.63) is 12.7 Å². The topological polar surface area (TPSA) is 32.3 Å². The molecule has 2 rings (SSSR count). The first-order valence-electron chi connectivity index (χ1n) is 5.97.